The molecule has 2 aromatic rings. The van der Waals surface area contributed by atoms with Crippen molar-refractivity contribution in [3.63, 3.8) is 0 Å². The van der Waals surface area contributed by atoms with Crippen LogP contribution in [0.4, 0.5) is 5.69 Å². The minimum Gasteiger partial charge on any atom is -0.507 e. The Morgan fingerprint density at radius 3 is 1.92 bits per heavy atom. The number of benzene rings is 2. The average molecular weight is 342 g/mol. The molecule has 0 spiro atoms. The van der Waals surface area contributed by atoms with Crippen molar-refractivity contribution in [2.75, 3.05) is 19.6 Å². The number of carbonyl (C=O) groups is 2. The molecule has 0 bridgehead atoms. The second kappa shape index (κ2) is 7.49. The summed E-state index contributed by atoms with van der Waals surface area (Å²) in [4.78, 5) is 24.1. The summed E-state index contributed by atoms with van der Waals surface area (Å²) in [6.07, 6.45) is 0. The first-order valence-corrected chi connectivity index (χ1v) is 8.46. The lowest BCUT2D eigenvalue weighted by Gasteiger charge is -2.35. The van der Waals surface area contributed by atoms with Gasteiger partial charge in [0.15, 0.2) is 5.78 Å². The van der Waals surface area contributed by atoms with Gasteiger partial charge >= 0.3 is 5.97 Å². The molecule has 0 amide bonds. The highest BCUT2D eigenvalue weighted by Crippen LogP contribution is 2.31. The SMILES string of the molecule is CC[N+](CC)(CC)c1ccc(C(=O)c2ccccc2C(=O)O)c(O)c1. The lowest BCUT2D eigenvalue weighted by atomic mass is 9.97. The number of aromatic hydroxyl groups is 1. The van der Waals surface area contributed by atoms with E-state index in [2.05, 4.69) is 20.8 Å². The predicted molar refractivity (Wildman–Crippen MR) is 98.4 cm³/mol. The minimum atomic E-state index is -1.17. The van der Waals surface area contributed by atoms with Gasteiger partial charge in [-0.2, -0.15) is 0 Å². The molecule has 0 aliphatic rings. The standard InChI is InChI=1S/C20H23NO4/c1-4-21(5-2,6-3)14-11-12-17(18(22)13-14)19(23)15-9-7-8-10-16(15)20(24)25/h7-13H,4-6H2,1-3H3,(H-,22,23,24,25)/p+1. The molecule has 0 saturated heterocycles. The number of nitrogens with zero attached hydrogens (tertiary/aromatic N) is 1. The van der Waals surface area contributed by atoms with Crippen LogP contribution in [-0.2, 0) is 0 Å². The van der Waals surface area contributed by atoms with Crippen LogP contribution in [0, 0.1) is 0 Å². The third-order valence-corrected chi connectivity index (χ3v) is 4.99. The zero-order valence-electron chi connectivity index (χ0n) is 14.8. The molecule has 0 atom stereocenters. The van der Waals surface area contributed by atoms with Crippen molar-refractivity contribution in [1.29, 1.82) is 0 Å². The van der Waals surface area contributed by atoms with Crippen LogP contribution < -0.4 is 4.48 Å². The predicted octanol–water partition coefficient (Wildman–Crippen LogP) is 3.69. The zero-order valence-corrected chi connectivity index (χ0v) is 14.8. The van der Waals surface area contributed by atoms with Crippen molar-refractivity contribution in [2.45, 2.75) is 20.8 Å². The van der Waals surface area contributed by atoms with E-state index in [4.69, 9.17) is 0 Å². The van der Waals surface area contributed by atoms with Gasteiger partial charge in [0.05, 0.1) is 30.8 Å². The van der Waals surface area contributed by atoms with Crippen molar-refractivity contribution in [2.24, 2.45) is 0 Å². The van der Waals surface area contributed by atoms with Crippen LogP contribution in [-0.4, -0.2) is 41.6 Å². The average Bonchev–Trinajstić information content (AvgIpc) is 2.63. The van der Waals surface area contributed by atoms with Crippen LogP contribution >= 0.6 is 0 Å². The van der Waals surface area contributed by atoms with Crippen LogP contribution in [0.25, 0.3) is 0 Å². The summed E-state index contributed by atoms with van der Waals surface area (Å²) in [5.41, 5.74) is 1.05. The fraction of sp³-hybridized carbons (Fsp3) is 0.300. The van der Waals surface area contributed by atoms with E-state index in [1.807, 2.05) is 6.07 Å². The van der Waals surface area contributed by atoms with Crippen LogP contribution in [0.2, 0.25) is 0 Å². The molecule has 5 nitrogen and oxygen atoms in total. The van der Waals surface area contributed by atoms with E-state index in [1.165, 1.54) is 12.1 Å². The normalized spacial score (nSPS) is 11.3. The molecule has 0 heterocycles. The van der Waals surface area contributed by atoms with Gasteiger partial charge in [0, 0.05) is 17.7 Å². The number of carboxylic acid groups (broad SMARTS) is 1. The molecular formula is C20H24NO4+. The summed E-state index contributed by atoms with van der Waals surface area (Å²) < 4.78 is 0.702. The lowest BCUT2D eigenvalue weighted by molar-refractivity contribution is 0.0692. The number of ketones is 1. The zero-order chi connectivity index (χ0) is 18.6. The van der Waals surface area contributed by atoms with Gasteiger partial charge < -0.3 is 10.2 Å². The van der Waals surface area contributed by atoms with Gasteiger partial charge in [0.2, 0.25) is 0 Å². The molecule has 2 N–H and O–H groups in total. The minimum absolute atomic E-state index is 0.0697. The number of hydrogen-bond acceptors (Lipinski definition) is 3. The second-order valence-corrected chi connectivity index (χ2v) is 5.98. The highest BCUT2D eigenvalue weighted by molar-refractivity contribution is 6.15. The molecule has 0 saturated carbocycles. The monoisotopic (exact) mass is 342 g/mol. The third-order valence-electron chi connectivity index (χ3n) is 4.99. The molecule has 0 aliphatic heterocycles. The Labute approximate surface area is 147 Å². The summed E-state index contributed by atoms with van der Waals surface area (Å²) in [5, 5.41) is 19.7. The Hall–Kier alpha value is -2.66. The van der Waals surface area contributed by atoms with E-state index in [0.29, 0.717) is 4.48 Å². The maximum Gasteiger partial charge on any atom is 0.336 e. The molecule has 2 rings (SSSR count). The number of carbonyl (C=O) groups excluding carboxylic acids is 1. The molecule has 5 heteroatoms. The highest BCUT2D eigenvalue weighted by Gasteiger charge is 2.27. The smallest absolute Gasteiger partial charge is 0.336 e. The van der Waals surface area contributed by atoms with Crippen molar-refractivity contribution < 1.29 is 19.8 Å². The van der Waals surface area contributed by atoms with Crippen LogP contribution in [0.3, 0.4) is 0 Å². The Morgan fingerprint density at radius 2 is 1.44 bits per heavy atom. The molecule has 2 aromatic carbocycles. The maximum absolute atomic E-state index is 12.7. The Bertz CT molecular complexity index is 786. The van der Waals surface area contributed by atoms with Gasteiger partial charge in [-0.1, -0.05) is 18.2 Å². The van der Waals surface area contributed by atoms with Crippen molar-refractivity contribution in [1.82, 2.24) is 4.48 Å². The maximum atomic E-state index is 12.7. The number of hydrogen-bond donors (Lipinski definition) is 2. The van der Waals surface area contributed by atoms with E-state index < -0.39 is 11.8 Å². The van der Waals surface area contributed by atoms with Gasteiger partial charge in [-0.15, -0.1) is 0 Å². The molecule has 0 aromatic heterocycles. The van der Waals surface area contributed by atoms with Crippen LogP contribution in [0.5, 0.6) is 5.75 Å². The number of carboxylic acids is 1. The first-order chi connectivity index (χ1) is 11.9. The first-order valence-electron chi connectivity index (χ1n) is 8.46. The number of rotatable bonds is 7. The number of phenols is 1. The van der Waals surface area contributed by atoms with E-state index >= 15 is 0 Å². The third kappa shape index (κ3) is 3.42. The van der Waals surface area contributed by atoms with E-state index in [1.54, 1.807) is 24.3 Å². The Morgan fingerprint density at radius 1 is 0.880 bits per heavy atom. The molecule has 25 heavy (non-hydrogen) atoms. The second-order valence-electron chi connectivity index (χ2n) is 5.98. The molecule has 0 radical (unpaired) electrons. The molecule has 0 aliphatic carbocycles. The summed E-state index contributed by atoms with van der Waals surface area (Å²) >= 11 is 0. The van der Waals surface area contributed by atoms with Crippen molar-refractivity contribution in [3.05, 3.63) is 59.2 Å². The van der Waals surface area contributed by atoms with E-state index in [-0.39, 0.29) is 22.4 Å². The Kier molecular flexibility index (Phi) is 5.59. The summed E-state index contributed by atoms with van der Waals surface area (Å²) in [5.74, 6) is -1.79. The summed E-state index contributed by atoms with van der Waals surface area (Å²) in [7, 11) is 0. The van der Waals surface area contributed by atoms with E-state index in [9.17, 15) is 19.8 Å². The van der Waals surface area contributed by atoms with Gasteiger partial charge in [0.1, 0.15) is 11.4 Å². The summed E-state index contributed by atoms with van der Waals surface area (Å²) in [6, 6.07) is 11.1. The number of aromatic carboxylic acids is 1. The number of phenolic OH excluding ortho intramolecular Hbond substituents is 1. The first kappa shape index (κ1) is 18.7. The van der Waals surface area contributed by atoms with E-state index in [0.717, 1.165) is 25.3 Å². The topological polar surface area (TPSA) is 74.6 Å². The fourth-order valence-corrected chi connectivity index (χ4v) is 3.24. The quantitative estimate of drug-likeness (QED) is 0.594. The molecule has 0 unspecified atom stereocenters. The van der Waals surface area contributed by atoms with Crippen molar-refractivity contribution in [3.8, 4) is 5.75 Å². The molecule has 0 fully saturated rings. The molecule has 132 valence electrons. The summed E-state index contributed by atoms with van der Waals surface area (Å²) in [6.45, 7) is 8.90. The number of quaternary nitrogens is 1. The van der Waals surface area contributed by atoms with Gasteiger partial charge in [-0.3, -0.25) is 9.28 Å². The Balaban J connectivity index is 2.49. The van der Waals surface area contributed by atoms with Gasteiger partial charge in [-0.05, 0) is 32.9 Å². The van der Waals surface area contributed by atoms with Crippen molar-refractivity contribution >= 4 is 17.4 Å². The van der Waals surface area contributed by atoms with Gasteiger partial charge in [0.25, 0.3) is 0 Å². The van der Waals surface area contributed by atoms with Crippen LogP contribution in [0.15, 0.2) is 42.5 Å². The highest BCUT2D eigenvalue weighted by atomic mass is 16.4. The fourth-order valence-electron chi connectivity index (χ4n) is 3.24. The largest absolute Gasteiger partial charge is 0.507 e. The van der Waals surface area contributed by atoms with Crippen LogP contribution in [0.1, 0.15) is 47.1 Å². The molecular weight excluding hydrogens is 318 g/mol. The lowest BCUT2D eigenvalue weighted by Crippen LogP contribution is -2.48. The van der Waals surface area contributed by atoms with Gasteiger partial charge in [-0.25, -0.2) is 4.79 Å².